The molecule has 0 bridgehead atoms. The minimum Gasteiger partial charge on any atom is -0.332 e. The van der Waals surface area contributed by atoms with E-state index in [-0.39, 0.29) is 18.0 Å². The Balaban J connectivity index is 1.88. The summed E-state index contributed by atoms with van der Waals surface area (Å²) in [6.07, 6.45) is 0. The Labute approximate surface area is 136 Å². The minimum atomic E-state index is 0.00352. The van der Waals surface area contributed by atoms with Crippen molar-refractivity contribution >= 4 is 5.91 Å². The summed E-state index contributed by atoms with van der Waals surface area (Å²) in [5.41, 5.74) is 4.25. The average Bonchev–Trinajstić information content (AvgIpc) is 3.07. The fourth-order valence-corrected chi connectivity index (χ4v) is 3.20. The van der Waals surface area contributed by atoms with E-state index in [1.54, 1.807) is 0 Å². The van der Waals surface area contributed by atoms with Crippen LogP contribution in [0.5, 0.6) is 0 Å². The first-order chi connectivity index (χ1) is 10.9. The first-order valence-corrected chi connectivity index (χ1v) is 8.00. The van der Waals surface area contributed by atoms with E-state index in [1.807, 2.05) is 36.5 Å². The van der Waals surface area contributed by atoms with Gasteiger partial charge in [-0.25, -0.2) is 0 Å². The largest absolute Gasteiger partial charge is 0.332 e. The molecule has 0 radical (unpaired) electrons. The van der Waals surface area contributed by atoms with Gasteiger partial charge in [-0.15, -0.1) is 0 Å². The van der Waals surface area contributed by atoms with Gasteiger partial charge in [-0.3, -0.25) is 14.6 Å². The number of aromatic nitrogens is 4. The van der Waals surface area contributed by atoms with E-state index in [9.17, 15) is 4.79 Å². The van der Waals surface area contributed by atoms with E-state index in [0.29, 0.717) is 12.2 Å². The molecule has 1 aliphatic rings. The predicted molar refractivity (Wildman–Crippen MR) is 88.2 cm³/mol. The van der Waals surface area contributed by atoms with Crippen LogP contribution >= 0.6 is 0 Å². The number of aromatic amines is 1. The second-order valence-corrected chi connectivity index (χ2v) is 6.32. The molecule has 1 fully saturated rings. The Morgan fingerprint density at radius 3 is 2.74 bits per heavy atom. The number of aryl methyl sites for hydroxylation is 2. The second-order valence-electron chi connectivity index (χ2n) is 6.32. The van der Waals surface area contributed by atoms with Crippen molar-refractivity contribution in [2.45, 2.75) is 39.8 Å². The molecule has 23 heavy (non-hydrogen) atoms. The lowest BCUT2D eigenvalue weighted by molar-refractivity contribution is 0.0597. The van der Waals surface area contributed by atoms with Gasteiger partial charge in [-0.1, -0.05) is 0 Å². The van der Waals surface area contributed by atoms with Crippen LogP contribution in [0.25, 0.3) is 11.3 Å². The van der Waals surface area contributed by atoms with E-state index in [2.05, 4.69) is 34.5 Å². The third kappa shape index (κ3) is 2.65. The highest BCUT2D eigenvalue weighted by Gasteiger charge is 2.30. The van der Waals surface area contributed by atoms with Crippen LogP contribution < -0.4 is 5.32 Å². The van der Waals surface area contributed by atoms with Crippen molar-refractivity contribution < 1.29 is 4.79 Å². The van der Waals surface area contributed by atoms with Gasteiger partial charge in [0.05, 0.1) is 11.4 Å². The second kappa shape index (κ2) is 5.81. The van der Waals surface area contributed by atoms with Crippen LogP contribution in [-0.4, -0.2) is 56.0 Å². The van der Waals surface area contributed by atoms with Crippen molar-refractivity contribution in [1.29, 1.82) is 0 Å². The molecule has 2 aromatic rings. The molecule has 2 aromatic heterocycles. The normalized spacial score (nSPS) is 21.7. The van der Waals surface area contributed by atoms with Crippen LogP contribution in [0.3, 0.4) is 0 Å². The highest BCUT2D eigenvalue weighted by Crippen LogP contribution is 2.25. The number of nitrogens with zero attached hydrogens (tertiary/aromatic N) is 4. The Morgan fingerprint density at radius 1 is 1.35 bits per heavy atom. The zero-order valence-electron chi connectivity index (χ0n) is 14.3. The van der Waals surface area contributed by atoms with E-state index in [4.69, 9.17) is 0 Å². The maximum Gasteiger partial charge on any atom is 0.272 e. The molecule has 1 amide bonds. The number of H-pyrrole nitrogens is 1. The Morgan fingerprint density at radius 2 is 2.09 bits per heavy atom. The summed E-state index contributed by atoms with van der Waals surface area (Å²) in [4.78, 5) is 14.7. The Bertz CT molecular complexity index is 731. The van der Waals surface area contributed by atoms with Crippen molar-refractivity contribution in [3.05, 3.63) is 23.1 Å². The van der Waals surface area contributed by atoms with Gasteiger partial charge in [-0.05, 0) is 33.8 Å². The fraction of sp³-hybridized carbons (Fsp3) is 0.562. The van der Waals surface area contributed by atoms with E-state index in [0.717, 1.165) is 29.2 Å². The van der Waals surface area contributed by atoms with Crippen LogP contribution in [0.2, 0.25) is 0 Å². The predicted octanol–water partition coefficient (Wildman–Crippen LogP) is 1.25. The smallest absolute Gasteiger partial charge is 0.272 e. The number of amides is 1. The van der Waals surface area contributed by atoms with Crippen LogP contribution in [-0.2, 0) is 7.05 Å². The summed E-state index contributed by atoms with van der Waals surface area (Å²) in [5, 5.41) is 15.0. The maximum absolute atomic E-state index is 12.8. The highest BCUT2D eigenvalue weighted by molar-refractivity contribution is 5.93. The molecule has 0 saturated carbocycles. The van der Waals surface area contributed by atoms with E-state index >= 15 is 0 Å². The standard InChI is InChI=1S/C16H24N6O/c1-9-11(3)22(7-6-17-9)16(23)14-8-13(18-19-14)15-10(2)20-21(5)12(15)4/h8-9,11,17H,6-7H2,1-5H3,(H,18,19). The van der Waals surface area contributed by atoms with Crippen molar-refractivity contribution in [3.8, 4) is 11.3 Å². The lowest BCUT2D eigenvalue weighted by Crippen LogP contribution is -2.57. The molecule has 0 aliphatic carbocycles. The minimum absolute atomic E-state index is 0.00352. The van der Waals surface area contributed by atoms with Gasteiger partial charge in [0, 0.05) is 43.5 Å². The molecule has 2 unspecified atom stereocenters. The summed E-state index contributed by atoms with van der Waals surface area (Å²) in [5.74, 6) is 0.00352. The third-order valence-electron chi connectivity index (χ3n) is 4.87. The number of carbonyl (C=O) groups excluding carboxylic acids is 1. The van der Waals surface area contributed by atoms with Crippen LogP contribution in [0.15, 0.2) is 6.07 Å². The summed E-state index contributed by atoms with van der Waals surface area (Å²) in [6.45, 7) is 9.67. The van der Waals surface area contributed by atoms with E-state index < -0.39 is 0 Å². The molecule has 2 atom stereocenters. The molecule has 2 N–H and O–H groups in total. The van der Waals surface area contributed by atoms with Gasteiger partial charge >= 0.3 is 0 Å². The average molecular weight is 316 g/mol. The summed E-state index contributed by atoms with van der Waals surface area (Å²) < 4.78 is 1.83. The first kappa shape index (κ1) is 15.7. The molecule has 0 spiro atoms. The molecule has 124 valence electrons. The zero-order valence-corrected chi connectivity index (χ0v) is 14.3. The van der Waals surface area contributed by atoms with Crippen LogP contribution in [0.1, 0.15) is 35.7 Å². The lowest BCUT2D eigenvalue weighted by atomic mass is 10.1. The number of piperazine rings is 1. The molecule has 3 rings (SSSR count). The van der Waals surface area contributed by atoms with Crippen LogP contribution in [0, 0.1) is 13.8 Å². The summed E-state index contributed by atoms with van der Waals surface area (Å²) in [7, 11) is 1.91. The molecule has 7 nitrogen and oxygen atoms in total. The molecule has 7 heteroatoms. The van der Waals surface area contributed by atoms with Gasteiger partial charge in [0.2, 0.25) is 0 Å². The summed E-state index contributed by atoms with van der Waals surface area (Å²) in [6, 6.07) is 2.28. The van der Waals surface area contributed by atoms with Crippen molar-refractivity contribution in [2.75, 3.05) is 13.1 Å². The number of hydrogen-bond acceptors (Lipinski definition) is 4. The van der Waals surface area contributed by atoms with Gasteiger partial charge in [0.1, 0.15) is 5.69 Å². The van der Waals surface area contributed by atoms with Crippen molar-refractivity contribution in [3.63, 3.8) is 0 Å². The van der Waals surface area contributed by atoms with Crippen molar-refractivity contribution in [1.82, 2.24) is 30.2 Å². The molecule has 3 heterocycles. The highest BCUT2D eigenvalue weighted by atomic mass is 16.2. The van der Waals surface area contributed by atoms with Gasteiger partial charge < -0.3 is 10.2 Å². The lowest BCUT2D eigenvalue weighted by Gasteiger charge is -2.38. The third-order valence-corrected chi connectivity index (χ3v) is 4.87. The monoisotopic (exact) mass is 316 g/mol. The topological polar surface area (TPSA) is 78.8 Å². The zero-order chi connectivity index (χ0) is 16.7. The number of carbonyl (C=O) groups is 1. The fourth-order valence-electron chi connectivity index (χ4n) is 3.20. The van der Waals surface area contributed by atoms with E-state index in [1.165, 1.54) is 0 Å². The molecular weight excluding hydrogens is 292 g/mol. The number of rotatable bonds is 2. The van der Waals surface area contributed by atoms with Crippen LogP contribution in [0.4, 0.5) is 0 Å². The number of hydrogen-bond donors (Lipinski definition) is 2. The maximum atomic E-state index is 12.8. The molecule has 1 aliphatic heterocycles. The SMILES string of the molecule is Cc1nn(C)c(C)c1-c1cc(C(=O)N2CCNC(C)C2C)[nH]n1. The first-order valence-electron chi connectivity index (χ1n) is 8.00. The molecular formula is C16H24N6O. The Kier molecular flexibility index (Phi) is 3.97. The van der Waals surface area contributed by atoms with Gasteiger partial charge in [-0.2, -0.15) is 10.2 Å². The Hall–Kier alpha value is -2.15. The quantitative estimate of drug-likeness (QED) is 0.874. The summed E-state index contributed by atoms with van der Waals surface area (Å²) >= 11 is 0. The van der Waals surface area contributed by atoms with Gasteiger partial charge in [0.25, 0.3) is 5.91 Å². The molecule has 1 saturated heterocycles. The van der Waals surface area contributed by atoms with Gasteiger partial charge in [0.15, 0.2) is 0 Å². The van der Waals surface area contributed by atoms with Crippen molar-refractivity contribution in [2.24, 2.45) is 7.05 Å². The molecule has 0 aromatic carbocycles. The number of nitrogens with one attached hydrogen (secondary N) is 2.